The van der Waals surface area contributed by atoms with Gasteiger partial charge in [0, 0.05) is 5.92 Å². The van der Waals surface area contributed by atoms with Gasteiger partial charge < -0.3 is 24.8 Å². The Labute approximate surface area is 347 Å². The zero-order valence-electron chi connectivity index (χ0n) is 33.9. The average molecular weight is 824 g/mol. The maximum absolute atomic E-state index is 2.63. The van der Waals surface area contributed by atoms with Crippen LogP contribution >= 0.6 is 0 Å². The summed E-state index contributed by atoms with van der Waals surface area (Å²) >= 11 is 0. The van der Waals surface area contributed by atoms with E-state index in [1.54, 1.807) is 26.9 Å². The monoisotopic (exact) mass is 821 g/mol. The number of fused-ring (bicyclic) bond motifs is 2. The quantitative estimate of drug-likeness (QED) is 0.145. The molecule has 1 unspecified atom stereocenters. The van der Waals surface area contributed by atoms with Gasteiger partial charge in [0.2, 0.25) is 0 Å². The summed E-state index contributed by atoms with van der Waals surface area (Å²) < 4.78 is 0. The third-order valence-corrected chi connectivity index (χ3v) is 15.4. The second kappa shape index (κ2) is 14.2. The summed E-state index contributed by atoms with van der Waals surface area (Å²) in [4.78, 5) is 0. The van der Waals surface area contributed by atoms with Crippen LogP contribution in [0.1, 0.15) is 121 Å². The molecule has 5 aromatic rings. The maximum atomic E-state index is 2.63. The molecule has 1 radical (unpaired) electrons. The van der Waals surface area contributed by atoms with Crippen LogP contribution in [0, 0.1) is 12.8 Å². The molecule has 0 spiro atoms. The summed E-state index contributed by atoms with van der Waals surface area (Å²) in [5.41, 5.74) is 17.6. The van der Waals surface area contributed by atoms with E-state index in [0.717, 1.165) is 0 Å². The predicted octanol–water partition coefficient (Wildman–Crippen LogP) is 6.42. The smallest absolute Gasteiger partial charge is 1.00 e. The molecule has 0 aromatic heterocycles. The van der Waals surface area contributed by atoms with Crippen LogP contribution in [-0.4, -0.2) is 8.07 Å². The number of hydrogen-bond donors (Lipinski definition) is 0. The van der Waals surface area contributed by atoms with Gasteiger partial charge in [-0.1, -0.05) is 185 Å². The van der Waals surface area contributed by atoms with E-state index >= 15 is 0 Å². The Kier molecular flexibility index (Phi) is 11.6. The van der Waals surface area contributed by atoms with Crippen LogP contribution in [0.4, 0.5) is 0 Å². The van der Waals surface area contributed by atoms with Crippen molar-refractivity contribution in [2.75, 3.05) is 0 Å². The van der Waals surface area contributed by atoms with E-state index in [1.807, 2.05) is 0 Å². The van der Waals surface area contributed by atoms with E-state index in [4.69, 9.17) is 0 Å². The summed E-state index contributed by atoms with van der Waals surface area (Å²) in [6.45, 7) is 33.5. The van der Waals surface area contributed by atoms with E-state index in [0.29, 0.717) is 5.92 Å². The summed E-state index contributed by atoms with van der Waals surface area (Å²) in [6, 6.07) is 29.1. The summed E-state index contributed by atoms with van der Waals surface area (Å²) in [6.07, 6.45) is 2.57. The van der Waals surface area contributed by atoms with Crippen molar-refractivity contribution in [3.63, 3.8) is 0 Å². The van der Waals surface area contributed by atoms with Gasteiger partial charge in [0.1, 0.15) is 0 Å². The Morgan fingerprint density at radius 1 is 0.654 bits per heavy atom. The van der Waals surface area contributed by atoms with Crippen molar-refractivity contribution in [3.8, 4) is 22.3 Å². The van der Waals surface area contributed by atoms with Gasteiger partial charge in [0.15, 0.2) is 0 Å². The van der Waals surface area contributed by atoms with Crippen LogP contribution in [0.3, 0.4) is 0 Å². The fraction of sp³-hybridized carbons (Fsp3) is 0.396. The molecular formula is C48H57Cl2SiZr. The second-order valence-electron chi connectivity index (χ2n) is 19.2. The van der Waals surface area contributed by atoms with Gasteiger partial charge in [-0.25, -0.2) is 0 Å². The number of rotatable bonds is 4. The van der Waals surface area contributed by atoms with Gasteiger partial charge in [-0.3, -0.25) is 0 Å². The average Bonchev–Trinajstić information content (AvgIpc) is 3.62. The molecule has 1 aliphatic heterocycles. The third-order valence-electron chi connectivity index (χ3n) is 11.7. The Morgan fingerprint density at radius 3 is 1.73 bits per heavy atom. The number of benzene rings is 4. The summed E-state index contributed by atoms with van der Waals surface area (Å²) in [5, 5.41) is 6.31. The van der Waals surface area contributed by atoms with Crippen molar-refractivity contribution in [2.24, 2.45) is 5.92 Å². The van der Waals surface area contributed by atoms with Gasteiger partial charge in [-0.2, -0.15) is 0 Å². The number of halogens is 2. The van der Waals surface area contributed by atoms with E-state index in [-0.39, 0.29) is 73.2 Å². The van der Waals surface area contributed by atoms with Crippen molar-refractivity contribution in [1.29, 1.82) is 0 Å². The number of aryl methyl sites for hydroxylation is 1. The van der Waals surface area contributed by atoms with Gasteiger partial charge in [0.25, 0.3) is 0 Å². The largest absolute Gasteiger partial charge is 3.00 e. The number of allylic oxidation sites excluding steroid dienone is 1. The maximum Gasteiger partial charge on any atom is 3.00 e. The Hall–Kier alpha value is -2.09. The molecule has 2 bridgehead atoms. The molecule has 4 heteroatoms. The van der Waals surface area contributed by atoms with Crippen molar-refractivity contribution < 1.29 is 51.0 Å². The van der Waals surface area contributed by atoms with E-state index in [2.05, 4.69) is 175 Å². The fourth-order valence-electron chi connectivity index (χ4n) is 9.04. The van der Waals surface area contributed by atoms with Crippen molar-refractivity contribution in [1.82, 2.24) is 0 Å². The van der Waals surface area contributed by atoms with Crippen molar-refractivity contribution in [2.45, 2.75) is 118 Å². The molecular weight excluding hydrogens is 767 g/mol. The van der Waals surface area contributed by atoms with Gasteiger partial charge in [-0.05, 0) is 66.7 Å². The Balaban J connectivity index is 0.00000202. The number of hydrogen-bond acceptors (Lipinski definition) is 0. The zero-order valence-corrected chi connectivity index (χ0v) is 38.9. The first-order chi connectivity index (χ1) is 22.7. The molecule has 0 nitrogen and oxygen atoms in total. The Bertz CT molecular complexity index is 2140. The standard InChI is InChI=1S/C48H57Si.2ClH.Zr/c1-28(2)38-27-39-36(30-18-20-33(21-19-30)46(4,5)6)16-15-17-37(39)43(38)40-25-31-22-29(3)44-41(31)42(45(40)49(44,13)14)32-23-34(47(7,8)9)26-35(24-32)48(10,11)12;;;/h15-28,43H,1-14H3;2*1H;/q-1;;;+3/p-2. The minimum Gasteiger partial charge on any atom is -1.00 e. The molecule has 0 saturated heterocycles. The molecule has 0 fully saturated rings. The van der Waals surface area contributed by atoms with Crippen LogP contribution in [0.15, 0.2) is 78.4 Å². The van der Waals surface area contributed by atoms with Crippen LogP contribution in [0.25, 0.3) is 39.1 Å². The molecule has 0 saturated carbocycles. The predicted molar refractivity (Wildman–Crippen MR) is 219 cm³/mol. The SMILES string of the molecule is Cc1[cH-]c2cc(C3C(C(C)C)=Cc4c(-c5ccc(C(C)(C)C)cc5)cccc43)c3c(-c4cc(C(C)(C)C)cc(C(C)(C)C)c4)c2c1[Si]3(C)C.[Cl-].[Cl-].[Zr+3]. The minimum atomic E-state index is -2.04. The van der Waals surface area contributed by atoms with Crippen LogP contribution in [-0.2, 0) is 42.4 Å². The van der Waals surface area contributed by atoms with Crippen LogP contribution < -0.4 is 35.2 Å². The van der Waals surface area contributed by atoms with Gasteiger partial charge >= 0.3 is 26.2 Å². The van der Waals surface area contributed by atoms with Gasteiger partial charge in [0.05, 0.1) is 8.07 Å². The summed E-state index contributed by atoms with van der Waals surface area (Å²) in [5.74, 6) is 0.704. The first-order valence-corrected chi connectivity index (χ1v) is 21.6. The molecule has 1 heterocycles. The molecule has 7 rings (SSSR count). The first kappa shape index (κ1) is 42.6. The first-order valence-electron chi connectivity index (χ1n) is 18.6. The molecule has 2 aliphatic rings. The topological polar surface area (TPSA) is 0 Å². The fourth-order valence-corrected chi connectivity index (χ4v) is 13.1. The molecule has 52 heavy (non-hydrogen) atoms. The minimum absolute atomic E-state index is 0. The Morgan fingerprint density at radius 2 is 1.21 bits per heavy atom. The van der Waals surface area contributed by atoms with Crippen molar-refractivity contribution >= 4 is 35.3 Å². The van der Waals surface area contributed by atoms with Crippen LogP contribution in [0.5, 0.6) is 0 Å². The van der Waals surface area contributed by atoms with Gasteiger partial charge in [-0.15, -0.1) is 33.7 Å². The zero-order chi connectivity index (χ0) is 35.6. The van der Waals surface area contributed by atoms with Crippen molar-refractivity contribution in [3.05, 3.63) is 117 Å². The molecule has 5 aromatic carbocycles. The molecule has 271 valence electrons. The molecule has 0 amide bonds. The van der Waals surface area contributed by atoms with E-state index in [9.17, 15) is 0 Å². The summed E-state index contributed by atoms with van der Waals surface area (Å²) in [7, 11) is -2.04. The second-order valence-corrected chi connectivity index (χ2v) is 23.4. The third kappa shape index (κ3) is 6.87. The normalized spacial score (nSPS) is 16.1. The molecule has 1 atom stereocenters. The molecule has 1 aliphatic carbocycles. The van der Waals surface area contributed by atoms with E-state index in [1.165, 1.54) is 61.0 Å². The molecule has 0 N–H and O–H groups in total. The van der Waals surface area contributed by atoms with Crippen LogP contribution in [0.2, 0.25) is 13.1 Å². The van der Waals surface area contributed by atoms with E-state index < -0.39 is 8.07 Å².